The Morgan fingerprint density at radius 2 is 2.06 bits per heavy atom. The molecule has 0 radical (unpaired) electrons. The predicted molar refractivity (Wildman–Crippen MR) is 66.9 cm³/mol. The molecule has 0 amide bonds. The number of hydrogen-bond acceptors (Lipinski definition) is 2. The molecule has 5 heteroatoms. The zero-order chi connectivity index (χ0) is 12.3. The van der Waals surface area contributed by atoms with Crippen LogP contribution >= 0.6 is 11.6 Å². The van der Waals surface area contributed by atoms with Crippen molar-refractivity contribution in [1.29, 1.82) is 0 Å². The van der Waals surface area contributed by atoms with Crippen molar-refractivity contribution in [2.75, 3.05) is 0 Å². The van der Waals surface area contributed by atoms with Crippen LogP contribution in [0.2, 0.25) is 5.02 Å². The van der Waals surface area contributed by atoms with Gasteiger partial charge in [0.15, 0.2) is 0 Å². The number of benzene rings is 1. The third kappa shape index (κ3) is 3.77. The monoisotopic (exact) mass is 261 g/mol. The third-order valence-corrected chi connectivity index (χ3v) is 3.35. The molecule has 0 spiro atoms. The quantitative estimate of drug-likeness (QED) is 0.594. The van der Waals surface area contributed by atoms with Gasteiger partial charge in [-0.2, -0.15) is 0 Å². The minimum atomic E-state index is -1.39. The summed E-state index contributed by atoms with van der Waals surface area (Å²) < 4.78 is 28.2. The lowest BCUT2D eigenvalue weighted by atomic mass is 10.2. The van der Waals surface area contributed by atoms with E-state index in [1.165, 1.54) is 24.4 Å². The maximum Gasteiger partial charge on any atom is 0.144 e. The average Bonchev–Trinajstić information content (AvgIpc) is 2.17. The Morgan fingerprint density at radius 3 is 2.62 bits per heavy atom. The van der Waals surface area contributed by atoms with E-state index in [0.29, 0.717) is 5.02 Å². The van der Waals surface area contributed by atoms with E-state index >= 15 is 0 Å². The van der Waals surface area contributed by atoms with Crippen LogP contribution in [0.25, 0.3) is 0 Å². The molecule has 0 aliphatic rings. The summed E-state index contributed by atoms with van der Waals surface area (Å²) in [7, 11) is 0. The van der Waals surface area contributed by atoms with Crippen LogP contribution in [-0.2, 0) is 11.4 Å². The van der Waals surface area contributed by atoms with Gasteiger partial charge in [-0.15, -0.1) is 0 Å². The van der Waals surface area contributed by atoms with Crippen LogP contribution in [0.15, 0.2) is 22.6 Å². The van der Waals surface area contributed by atoms with Crippen LogP contribution in [0.4, 0.5) is 4.39 Å². The van der Waals surface area contributed by atoms with Crippen molar-refractivity contribution in [2.45, 2.75) is 25.5 Å². The van der Waals surface area contributed by atoms with Gasteiger partial charge in [0.2, 0.25) is 0 Å². The van der Waals surface area contributed by atoms with Crippen molar-refractivity contribution in [3.63, 3.8) is 0 Å². The van der Waals surface area contributed by atoms with E-state index in [1.54, 1.807) is 20.8 Å². The van der Waals surface area contributed by atoms with Crippen molar-refractivity contribution in [2.24, 2.45) is 4.40 Å². The molecule has 2 nitrogen and oxygen atoms in total. The number of rotatable bonds is 2. The van der Waals surface area contributed by atoms with Crippen molar-refractivity contribution in [3.8, 4) is 0 Å². The van der Waals surface area contributed by atoms with Crippen molar-refractivity contribution in [1.82, 2.24) is 0 Å². The molecule has 0 aliphatic heterocycles. The second-order valence-corrected chi connectivity index (χ2v) is 6.63. The molecule has 0 N–H and O–H groups in total. The Hall–Kier alpha value is -0.580. The summed E-state index contributed by atoms with van der Waals surface area (Å²) in [5.41, 5.74) is 0.241. The van der Waals surface area contributed by atoms with E-state index in [4.69, 9.17) is 11.6 Å². The van der Waals surface area contributed by atoms with Gasteiger partial charge in [-0.3, -0.25) is 0 Å². The lowest BCUT2D eigenvalue weighted by Gasteiger charge is -2.17. The molecular formula is C11H13ClFNOS. The normalized spacial score (nSPS) is 14.4. The van der Waals surface area contributed by atoms with Gasteiger partial charge >= 0.3 is 0 Å². The van der Waals surface area contributed by atoms with E-state index in [9.17, 15) is 8.94 Å². The maximum absolute atomic E-state index is 13.3. The highest BCUT2D eigenvalue weighted by Gasteiger charge is 2.25. The molecule has 1 atom stereocenters. The van der Waals surface area contributed by atoms with Gasteiger partial charge < -0.3 is 4.55 Å². The molecule has 0 aromatic heterocycles. The molecule has 1 rings (SSSR count). The molecule has 0 saturated carbocycles. The van der Waals surface area contributed by atoms with Crippen molar-refractivity contribution < 1.29 is 8.94 Å². The van der Waals surface area contributed by atoms with Gasteiger partial charge in [0.05, 0.1) is 6.21 Å². The smallest absolute Gasteiger partial charge is 0.144 e. The Labute approximate surface area is 103 Å². The second kappa shape index (κ2) is 5.17. The summed E-state index contributed by atoms with van der Waals surface area (Å²) in [6, 6.07) is 4.15. The molecule has 0 bridgehead atoms. The van der Waals surface area contributed by atoms with Crippen LogP contribution in [0.5, 0.6) is 0 Å². The minimum absolute atomic E-state index is 0.241. The highest BCUT2D eigenvalue weighted by Crippen LogP contribution is 2.18. The Balaban J connectivity index is 2.88. The average molecular weight is 262 g/mol. The highest BCUT2D eigenvalue weighted by molar-refractivity contribution is 7.91. The number of halogens is 2. The summed E-state index contributed by atoms with van der Waals surface area (Å²) in [5, 5.41) is 0.421. The van der Waals surface area contributed by atoms with Crippen LogP contribution < -0.4 is 0 Å². The summed E-state index contributed by atoms with van der Waals surface area (Å²) in [5.74, 6) is -0.431. The van der Waals surface area contributed by atoms with E-state index in [2.05, 4.69) is 4.40 Å². The third-order valence-electron chi connectivity index (χ3n) is 1.77. The van der Waals surface area contributed by atoms with Crippen LogP contribution in [0.3, 0.4) is 0 Å². The molecule has 0 aliphatic carbocycles. The minimum Gasteiger partial charge on any atom is -0.591 e. The molecule has 0 saturated heterocycles. The van der Waals surface area contributed by atoms with Gasteiger partial charge in [-0.1, -0.05) is 16.0 Å². The fraction of sp³-hybridized carbons (Fsp3) is 0.364. The van der Waals surface area contributed by atoms with Crippen molar-refractivity contribution >= 4 is 29.2 Å². The highest BCUT2D eigenvalue weighted by atomic mass is 35.5. The van der Waals surface area contributed by atoms with Crippen molar-refractivity contribution in [3.05, 3.63) is 34.6 Å². The Morgan fingerprint density at radius 1 is 1.44 bits per heavy atom. The predicted octanol–water partition coefficient (Wildman–Crippen LogP) is 3.36. The van der Waals surface area contributed by atoms with E-state index in [1.807, 2.05) is 0 Å². The lowest BCUT2D eigenvalue weighted by Crippen LogP contribution is -2.25. The Bertz CT molecular complexity index is 403. The zero-order valence-corrected chi connectivity index (χ0v) is 10.9. The molecule has 1 aromatic rings. The first-order valence-electron chi connectivity index (χ1n) is 4.72. The standard InChI is InChI=1S/C11H13ClFNOS/c1-11(2,3)16(15)14-7-8-6-9(12)4-5-10(8)13/h4-7H,1-3H3/b14-7+/t16-/m1/s1. The van der Waals surface area contributed by atoms with Gasteiger partial charge in [-0.05, 0) is 39.0 Å². The maximum atomic E-state index is 13.3. The fourth-order valence-corrected chi connectivity index (χ4v) is 1.58. The number of nitrogens with zero attached hydrogens (tertiary/aromatic N) is 1. The topological polar surface area (TPSA) is 35.4 Å². The molecular weight excluding hydrogens is 249 g/mol. The molecule has 1 aromatic carbocycles. The van der Waals surface area contributed by atoms with Gasteiger partial charge in [0.25, 0.3) is 0 Å². The molecule has 0 unspecified atom stereocenters. The Kier molecular flexibility index (Phi) is 4.35. The lowest BCUT2D eigenvalue weighted by molar-refractivity contribution is 0.561. The fourth-order valence-electron chi connectivity index (χ4n) is 0.876. The van der Waals surface area contributed by atoms with Crippen LogP contribution in [0.1, 0.15) is 26.3 Å². The zero-order valence-electron chi connectivity index (χ0n) is 9.33. The van der Waals surface area contributed by atoms with Crippen LogP contribution in [0, 0.1) is 5.82 Å². The SMILES string of the molecule is CC(C)(C)[S@@+]([O-])/N=C/c1cc(Cl)ccc1F. The summed E-state index contributed by atoms with van der Waals surface area (Å²) in [4.78, 5) is 0. The van der Waals surface area contributed by atoms with Gasteiger partial charge in [0.1, 0.15) is 21.9 Å². The first-order chi connectivity index (χ1) is 7.30. The van der Waals surface area contributed by atoms with Gasteiger partial charge in [-0.25, -0.2) is 4.39 Å². The molecule has 88 valence electrons. The van der Waals surface area contributed by atoms with E-state index in [-0.39, 0.29) is 5.56 Å². The van der Waals surface area contributed by atoms with E-state index < -0.39 is 21.9 Å². The van der Waals surface area contributed by atoms with Gasteiger partial charge in [0, 0.05) is 10.6 Å². The first kappa shape index (κ1) is 13.5. The molecule has 0 fully saturated rings. The largest absolute Gasteiger partial charge is 0.591 e. The first-order valence-corrected chi connectivity index (χ1v) is 6.20. The summed E-state index contributed by atoms with van der Waals surface area (Å²) >= 11 is 4.32. The molecule has 0 heterocycles. The van der Waals surface area contributed by atoms with E-state index in [0.717, 1.165) is 0 Å². The van der Waals surface area contributed by atoms with Crippen LogP contribution in [-0.4, -0.2) is 15.5 Å². The summed E-state index contributed by atoms with van der Waals surface area (Å²) in [6.07, 6.45) is 1.25. The number of hydrogen-bond donors (Lipinski definition) is 0. The summed E-state index contributed by atoms with van der Waals surface area (Å²) in [6.45, 7) is 5.40. The molecule has 16 heavy (non-hydrogen) atoms. The second-order valence-electron chi connectivity index (χ2n) is 4.26.